The lowest BCUT2D eigenvalue weighted by Crippen LogP contribution is -2.55. The number of methoxy groups -OCH3 is 1. The third kappa shape index (κ3) is 8.36. The van der Waals surface area contributed by atoms with Crippen LogP contribution in [0.1, 0.15) is 63.4 Å². The van der Waals surface area contributed by atoms with E-state index in [9.17, 15) is 19.5 Å². The van der Waals surface area contributed by atoms with Gasteiger partial charge in [0, 0.05) is 12.8 Å². The number of benzene rings is 1. The summed E-state index contributed by atoms with van der Waals surface area (Å²) in [6, 6.07) is 4.94. The Morgan fingerprint density at radius 1 is 1.19 bits per heavy atom. The number of aromatic hydroxyl groups is 1. The molecule has 3 N–H and O–H groups in total. The van der Waals surface area contributed by atoms with Gasteiger partial charge in [0.1, 0.15) is 17.8 Å². The Balaban J connectivity index is 2.09. The summed E-state index contributed by atoms with van der Waals surface area (Å²) in [4.78, 5) is 38.1. The minimum atomic E-state index is -0.912. The van der Waals surface area contributed by atoms with Gasteiger partial charge in [0.15, 0.2) is 0 Å². The Bertz CT molecular complexity index is 773. The zero-order valence-corrected chi connectivity index (χ0v) is 19.0. The van der Waals surface area contributed by atoms with Gasteiger partial charge in [-0.3, -0.25) is 9.59 Å². The van der Waals surface area contributed by atoms with Crippen LogP contribution in [0.5, 0.6) is 5.75 Å². The molecule has 2 atom stereocenters. The van der Waals surface area contributed by atoms with Crippen LogP contribution >= 0.6 is 0 Å². The highest BCUT2D eigenvalue weighted by Gasteiger charge is 2.33. The molecule has 1 aliphatic carbocycles. The van der Waals surface area contributed by atoms with Crippen LogP contribution in [-0.4, -0.2) is 42.1 Å². The van der Waals surface area contributed by atoms with Gasteiger partial charge in [0.25, 0.3) is 0 Å². The predicted molar refractivity (Wildman–Crippen MR) is 123 cm³/mol. The Labute approximate surface area is 190 Å². The van der Waals surface area contributed by atoms with E-state index in [-0.39, 0.29) is 29.9 Å². The number of unbranched alkanes of at least 4 members (excludes halogenated alkanes) is 2. The van der Waals surface area contributed by atoms with E-state index in [0.29, 0.717) is 12.0 Å². The molecule has 1 aromatic carbocycles. The molecule has 1 aromatic rings. The fourth-order valence-corrected chi connectivity index (χ4v) is 4.20. The molecule has 7 heteroatoms. The van der Waals surface area contributed by atoms with E-state index < -0.39 is 18.1 Å². The monoisotopic (exact) mass is 444 g/mol. The molecular weight excluding hydrogens is 408 g/mol. The molecule has 2 amide bonds. The summed E-state index contributed by atoms with van der Waals surface area (Å²) in [5.41, 5.74) is 0.696. The highest BCUT2D eigenvalue weighted by Crippen LogP contribution is 2.27. The summed E-state index contributed by atoms with van der Waals surface area (Å²) in [6.45, 7) is 3.69. The predicted octanol–water partition coefficient (Wildman–Crippen LogP) is 3.40. The molecule has 0 aromatic heterocycles. The fourth-order valence-electron chi connectivity index (χ4n) is 4.20. The minimum Gasteiger partial charge on any atom is -0.508 e. The van der Waals surface area contributed by atoms with E-state index >= 15 is 0 Å². The van der Waals surface area contributed by atoms with Gasteiger partial charge < -0.3 is 20.5 Å². The molecule has 1 aliphatic rings. The molecule has 0 saturated heterocycles. The van der Waals surface area contributed by atoms with Crippen molar-refractivity contribution in [1.82, 2.24) is 10.6 Å². The molecule has 0 radical (unpaired) electrons. The maximum Gasteiger partial charge on any atom is 0.328 e. The molecule has 7 nitrogen and oxygen atoms in total. The van der Waals surface area contributed by atoms with Crippen LogP contribution in [0.25, 0.3) is 0 Å². The van der Waals surface area contributed by atoms with Crippen molar-refractivity contribution in [3.8, 4) is 5.75 Å². The van der Waals surface area contributed by atoms with E-state index in [4.69, 9.17) is 4.74 Å². The topological polar surface area (TPSA) is 105 Å². The summed E-state index contributed by atoms with van der Waals surface area (Å²) in [6.07, 6.45) is 9.74. The lowest BCUT2D eigenvalue weighted by atomic mass is 9.83. The van der Waals surface area contributed by atoms with Crippen molar-refractivity contribution in [2.75, 3.05) is 7.11 Å². The Morgan fingerprint density at radius 3 is 2.59 bits per heavy atom. The van der Waals surface area contributed by atoms with Crippen LogP contribution < -0.4 is 10.6 Å². The van der Waals surface area contributed by atoms with Crippen LogP contribution in [0.4, 0.5) is 0 Å². The van der Waals surface area contributed by atoms with Crippen molar-refractivity contribution in [2.45, 2.75) is 76.3 Å². The SMILES string of the molecule is C=CCCCCC(=O)N[C@H](C(=O)NC(Cc1cccc(O)c1)C(=O)OC)C1CCCCC1. The van der Waals surface area contributed by atoms with Crippen molar-refractivity contribution in [3.05, 3.63) is 42.5 Å². The normalized spacial score (nSPS) is 15.9. The number of hydrogen-bond donors (Lipinski definition) is 3. The highest BCUT2D eigenvalue weighted by molar-refractivity contribution is 5.91. The van der Waals surface area contributed by atoms with Crippen molar-refractivity contribution >= 4 is 17.8 Å². The molecule has 0 heterocycles. The number of amides is 2. The van der Waals surface area contributed by atoms with Gasteiger partial charge in [-0.1, -0.05) is 37.5 Å². The number of hydrogen-bond acceptors (Lipinski definition) is 5. The van der Waals surface area contributed by atoms with Crippen LogP contribution in [0.3, 0.4) is 0 Å². The first-order valence-corrected chi connectivity index (χ1v) is 11.5. The van der Waals surface area contributed by atoms with E-state index in [2.05, 4.69) is 17.2 Å². The molecule has 0 bridgehead atoms. The first kappa shape index (κ1) is 25.4. The molecule has 1 unspecified atom stereocenters. The summed E-state index contributed by atoms with van der Waals surface area (Å²) in [5, 5.41) is 15.4. The second kappa shape index (κ2) is 13.6. The minimum absolute atomic E-state index is 0.0416. The molecule has 1 saturated carbocycles. The maximum absolute atomic E-state index is 13.2. The van der Waals surface area contributed by atoms with Crippen LogP contribution in [0.2, 0.25) is 0 Å². The molecule has 0 aliphatic heterocycles. The molecule has 176 valence electrons. The van der Waals surface area contributed by atoms with E-state index in [0.717, 1.165) is 51.4 Å². The number of esters is 1. The third-order valence-electron chi connectivity index (χ3n) is 5.93. The average Bonchev–Trinajstić information content (AvgIpc) is 2.80. The average molecular weight is 445 g/mol. The summed E-state index contributed by atoms with van der Waals surface area (Å²) in [5.74, 6) is -0.963. The first-order valence-electron chi connectivity index (χ1n) is 11.5. The summed E-state index contributed by atoms with van der Waals surface area (Å²) in [7, 11) is 1.27. The number of carbonyl (C=O) groups is 3. The van der Waals surface area contributed by atoms with Gasteiger partial charge in [-0.15, -0.1) is 6.58 Å². The third-order valence-corrected chi connectivity index (χ3v) is 5.93. The molecule has 1 fully saturated rings. The maximum atomic E-state index is 13.2. The van der Waals surface area contributed by atoms with Crippen LogP contribution in [0.15, 0.2) is 36.9 Å². The van der Waals surface area contributed by atoms with Crippen molar-refractivity contribution < 1.29 is 24.2 Å². The van der Waals surface area contributed by atoms with Crippen molar-refractivity contribution in [2.24, 2.45) is 5.92 Å². The fraction of sp³-hybridized carbons (Fsp3) is 0.560. The Morgan fingerprint density at radius 2 is 1.94 bits per heavy atom. The number of nitrogens with one attached hydrogen (secondary N) is 2. The van der Waals surface area contributed by atoms with Crippen molar-refractivity contribution in [1.29, 1.82) is 0 Å². The van der Waals surface area contributed by atoms with E-state index in [1.165, 1.54) is 7.11 Å². The highest BCUT2D eigenvalue weighted by atomic mass is 16.5. The van der Waals surface area contributed by atoms with Crippen LogP contribution in [-0.2, 0) is 25.5 Å². The first-order chi connectivity index (χ1) is 15.4. The standard InChI is InChI=1S/C25H36N2O5/c1-3-4-5-9-15-22(29)27-23(19-12-7-6-8-13-19)24(30)26-21(25(31)32-2)17-18-11-10-14-20(28)16-18/h3,10-11,14,16,19,21,23,28H,1,4-9,12-13,15,17H2,2H3,(H,26,30)(H,27,29)/t21?,23-/m0/s1. The van der Waals surface area contributed by atoms with Crippen LogP contribution in [0, 0.1) is 5.92 Å². The Kier molecular flexibility index (Phi) is 10.8. The number of phenols is 1. The lowest BCUT2D eigenvalue weighted by Gasteiger charge is -2.31. The zero-order valence-electron chi connectivity index (χ0n) is 19.0. The van der Waals surface area contributed by atoms with Gasteiger partial charge in [-0.05, 0) is 55.7 Å². The van der Waals surface area contributed by atoms with E-state index in [1.807, 2.05) is 6.08 Å². The van der Waals surface area contributed by atoms with E-state index in [1.54, 1.807) is 24.3 Å². The van der Waals surface area contributed by atoms with Gasteiger partial charge in [-0.25, -0.2) is 4.79 Å². The second-order valence-electron chi connectivity index (χ2n) is 8.44. The second-order valence-corrected chi connectivity index (χ2v) is 8.44. The molecule has 2 rings (SSSR count). The van der Waals surface area contributed by atoms with Crippen molar-refractivity contribution in [3.63, 3.8) is 0 Å². The number of carbonyl (C=O) groups excluding carboxylic acids is 3. The zero-order chi connectivity index (χ0) is 23.3. The largest absolute Gasteiger partial charge is 0.508 e. The Hall–Kier alpha value is -2.83. The summed E-state index contributed by atoms with van der Waals surface area (Å²) < 4.78 is 4.89. The molecule has 0 spiro atoms. The smallest absolute Gasteiger partial charge is 0.328 e. The number of rotatable bonds is 12. The van der Waals surface area contributed by atoms with Gasteiger partial charge >= 0.3 is 5.97 Å². The summed E-state index contributed by atoms with van der Waals surface area (Å²) >= 11 is 0. The number of phenolic OH excluding ortho intramolecular Hbond substituents is 1. The molecular formula is C25H36N2O5. The van der Waals surface area contributed by atoms with Gasteiger partial charge in [0.05, 0.1) is 7.11 Å². The quantitative estimate of drug-likeness (QED) is 0.260. The lowest BCUT2D eigenvalue weighted by molar-refractivity contribution is -0.145. The van der Waals surface area contributed by atoms with Gasteiger partial charge in [0.2, 0.25) is 11.8 Å². The van der Waals surface area contributed by atoms with Gasteiger partial charge in [-0.2, -0.15) is 0 Å². The number of ether oxygens (including phenoxy) is 1. The molecule has 32 heavy (non-hydrogen) atoms. The number of allylic oxidation sites excluding steroid dienone is 1.